The molecule has 11 heteroatoms. The van der Waals surface area contributed by atoms with Crippen molar-refractivity contribution in [2.24, 2.45) is 0 Å². The zero-order valence-electron chi connectivity index (χ0n) is 12.0. The van der Waals surface area contributed by atoms with Crippen LogP contribution in [0.5, 0.6) is 0 Å². The average molecular weight is 348 g/mol. The monoisotopic (exact) mass is 348 g/mol. The highest BCUT2D eigenvalue weighted by atomic mass is 19.4. The number of nitro benzene ring substituents is 1. The van der Waals surface area contributed by atoms with E-state index in [1.165, 1.54) is 0 Å². The molecule has 8 nitrogen and oxygen atoms in total. The van der Waals surface area contributed by atoms with Crippen LogP contribution in [0.15, 0.2) is 18.2 Å². The van der Waals surface area contributed by atoms with Gasteiger partial charge in [0.25, 0.3) is 5.69 Å². The Morgan fingerprint density at radius 2 is 2.17 bits per heavy atom. The Bertz CT molecular complexity index is 676. The zero-order chi connectivity index (χ0) is 17.9. The van der Waals surface area contributed by atoms with Crippen LogP contribution < -0.4 is 5.32 Å². The second kappa shape index (κ2) is 6.72. The van der Waals surface area contributed by atoms with E-state index >= 15 is 0 Å². The van der Waals surface area contributed by atoms with Crippen LogP contribution in [-0.4, -0.2) is 36.1 Å². The average Bonchev–Trinajstić information content (AvgIpc) is 2.89. The Balaban J connectivity index is 2.05. The van der Waals surface area contributed by atoms with E-state index in [0.717, 1.165) is 6.07 Å². The van der Waals surface area contributed by atoms with Gasteiger partial charge in [-0.05, 0) is 12.1 Å². The number of nitro groups is 1. The molecule has 1 saturated heterocycles. The van der Waals surface area contributed by atoms with Gasteiger partial charge in [0, 0.05) is 12.5 Å². The Hall–Kier alpha value is -2.85. The quantitative estimate of drug-likeness (QED) is 0.492. The van der Waals surface area contributed by atoms with Gasteiger partial charge in [-0.25, -0.2) is 4.79 Å². The van der Waals surface area contributed by atoms with Crippen LogP contribution in [0, 0.1) is 10.1 Å². The number of cyclic esters (lactones) is 1. The third kappa shape index (κ3) is 4.12. The summed E-state index contributed by atoms with van der Waals surface area (Å²) in [4.78, 5) is 32.6. The second-order valence-corrected chi connectivity index (χ2v) is 4.78. The summed E-state index contributed by atoms with van der Waals surface area (Å²) >= 11 is 0. The Labute approximate surface area is 132 Å². The fourth-order valence-corrected chi connectivity index (χ4v) is 1.96. The van der Waals surface area contributed by atoms with Crippen molar-refractivity contribution in [2.75, 3.05) is 18.5 Å². The molecule has 1 atom stereocenters. The highest BCUT2D eigenvalue weighted by molar-refractivity contribution is 5.82. The van der Waals surface area contributed by atoms with Crippen LogP contribution in [0.3, 0.4) is 0 Å². The van der Waals surface area contributed by atoms with Crippen molar-refractivity contribution in [3.8, 4) is 0 Å². The molecule has 1 aliphatic rings. The van der Waals surface area contributed by atoms with Gasteiger partial charge in [0.1, 0.15) is 12.2 Å². The lowest BCUT2D eigenvalue weighted by Gasteiger charge is -2.11. The van der Waals surface area contributed by atoms with Crippen molar-refractivity contribution in [3.05, 3.63) is 33.9 Å². The van der Waals surface area contributed by atoms with E-state index in [1.807, 2.05) is 0 Å². The van der Waals surface area contributed by atoms with Crippen LogP contribution in [0.1, 0.15) is 12.0 Å². The van der Waals surface area contributed by atoms with Crippen LogP contribution in [0.2, 0.25) is 0 Å². The first-order valence-electron chi connectivity index (χ1n) is 6.64. The number of hydrogen-bond acceptors (Lipinski definition) is 7. The summed E-state index contributed by atoms with van der Waals surface area (Å²) in [7, 11) is 0. The highest BCUT2D eigenvalue weighted by Crippen LogP contribution is 2.34. The van der Waals surface area contributed by atoms with Crippen LogP contribution in [0.4, 0.5) is 24.5 Å². The predicted molar refractivity (Wildman–Crippen MR) is 72.0 cm³/mol. The standard InChI is InChI=1S/C13H11F3N2O6/c14-13(15,16)7-1-2-8(9(5-7)18(21)22)17-6-11(19)24-10-3-4-23-12(10)20/h1-2,5,10,17H,3-4,6H2. The number of nitrogens with zero attached hydrogens (tertiary/aromatic N) is 1. The first-order valence-corrected chi connectivity index (χ1v) is 6.64. The van der Waals surface area contributed by atoms with Gasteiger partial charge in [0.15, 0.2) is 0 Å². The van der Waals surface area contributed by atoms with Gasteiger partial charge in [-0.1, -0.05) is 0 Å². The van der Waals surface area contributed by atoms with Crippen molar-refractivity contribution in [1.29, 1.82) is 0 Å². The minimum atomic E-state index is -4.73. The summed E-state index contributed by atoms with van der Waals surface area (Å²) in [6, 6.07) is 1.86. The predicted octanol–water partition coefficient (Wildman–Crippen LogP) is 1.88. The number of rotatable bonds is 5. The molecule has 24 heavy (non-hydrogen) atoms. The second-order valence-electron chi connectivity index (χ2n) is 4.78. The van der Waals surface area contributed by atoms with Crippen LogP contribution in [-0.2, 0) is 25.2 Å². The first kappa shape index (κ1) is 17.5. The number of halogens is 3. The van der Waals surface area contributed by atoms with Crippen LogP contribution >= 0.6 is 0 Å². The summed E-state index contributed by atoms with van der Waals surface area (Å²) in [5, 5.41) is 13.2. The molecular formula is C13H11F3N2O6. The Morgan fingerprint density at radius 1 is 1.46 bits per heavy atom. The number of benzene rings is 1. The molecule has 1 N–H and O–H groups in total. The van der Waals surface area contributed by atoms with Gasteiger partial charge < -0.3 is 14.8 Å². The van der Waals surface area contributed by atoms with E-state index in [2.05, 4.69) is 10.1 Å². The third-order valence-electron chi connectivity index (χ3n) is 3.11. The molecule has 0 amide bonds. The minimum Gasteiger partial charge on any atom is -0.463 e. The lowest BCUT2D eigenvalue weighted by Crippen LogP contribution is -2.27. The number of ether oxygens (including phenoxy) is 2. The summed E-state index contributed by atoms with van der Waals surface area (Å²) in [6.45, 7) is -0.440. The van der Waals surface area contributed by atoms with Crippen molar-refractivity contribution in [3.63, 3.8) is 0 Å². The van der Waals surface area contributed by atoms with Crippen molar-refractivity contribution in [1.82, 2.24) is 0 Å². The minimum absolute atomic E-state index is 0.120. The van der Waals surface area contributed by atoms with E-state index in [0.29, 0.717) is 12.1 Å². The number of alkyl halides is 3. The first-order chi connectivity index (χ1) is 11.2. The number of carbonyl (C=O) groups excluding carboxylic acids is 2. The maximum atomic E-state index is 12.6. The summed E-state index contributed by atoms with van der Waals surface area (Å²) in [6.07, 6.45) is -5.57. The fraction of sp³-hybridized carbons (Fsp3) is 0.385. The van der Waals surface area contributed by atoms with Gasteiger partial charge in [-0.15, -0.1) is 0 Å². The molecule has 0 saturated carbocycles. The zero-order valence-corrected chi connectivity index (χ0v) is 12.0. The summed E-state index contributed by atoms with van der Waals surface area (Å²) < 4.78 is 47.1. The van der Waals surface area contributed by atoms with Crippen molar-refractivity contribution in [2.45, 2.75) is 18.7 Å². The Kier molecular flexibility index (Phi) is 4.90. The number of nitrogens with one attached hydrogen (secondary N) is 1. The molecule has 1 unspecified atom stereocenters. The molecule has 1 aliphatic heterocycles. The van der Waals surface area contributed by atoms with E-state index in [9.17, 15) is 32.9 Å². The highest BCUT2D eigenvalue weighted by Gasteiger charge is 2.33. The smallest absolute Gasteiger partial charge is 0.416 e. The normalized spacial score (nSPS) is 17.3. The molecule has 130 valence electrons. The summed E-state index contributed by atoms with van der Waals surface area (Å²) in [5.74, 6) is -1.59. The fourth-order valence-electron chi connectivity index (χ4n) is 1.96. The van der Waals surface area contributed by atoms with Gasteiger partial charge in [0.2, 0.25) is 6.10 Å². The molecule has 1 fully saturated rings. The SMILES string of the molecule is O=C(CNc1ccc(C(F)(F)F)cc1[N+](=O)[O-])OC1CCOC1=O. The van der Waals surface area contributed by atoms with Gasteiger partial charge in [-0.3, -0.25) is 14.9 Å². The molecule has 2 rings (SSSR count). The number of esters is 2. The van der Waals surface area contributed by atoms with E-state index < -0.39 is 46.9 Å². The molecule has 0 aliphatic carbocycles. The topological polar surface area (TPSA) is 108 Å². The molecule has 1 aromatic carbocycles. The van der Waals surface area contributed by atoms with E-state index in [-0.39, 0.29) is 18.7 Å². The van der Waals surface area contributed by atoms with E-state index in [1.54, 1.807) is 0 Å². The maximum absolute atomic E-state index is 12.6. The number of hydrogen-bond donors (Lipinski definition) is 1. The lowest BCUT2D eigenvalue weighted by molar-refractivity contribution is -0.384. The molecule has 1 heterocycles. The summed E-state index contributed by atoms with van der Waals surface area (Å²) in [5.41, 5.74) is -2.30. The van der Waals surface area contributed by atoms with Crippen LogP contribution in [0.25, 0.3) is 0 Å². The largest absolute Gasteiger partial charge is 0.463 e. The maximum Gasteiger partial charge on any atom is 0.416 e. The van der Waals surface area contributed by atoms with Gasteiger partial charge >= 0.3 is 18.1 Å². The molecule has 1 aromatic rings. The molecule has 0 aromatic heterocycles. The number of anilines is 1. The molecular weight excluding hydrogens is 337 g/mol. The van der Waals surface area contributed by atoms with E-state index in [4.69, 9.17) is 4.74 Å². The number of carbonyl (C=O) groups is 2. The molecule has 0 bridgehead atoms. The lowest BCUT2D eigenvalue weighted by atomic mass is 10.1. The Morgan fingerprint density at radius 3 is 2.71 bits per heavy atom. The molecule has 0 radical (unpaired) electrons. The van der Waals surface area contributed by atoms with Gasteiger partial charge in [0.05, 0.1) is 17.1 Å². The van der Waals surface area contributed by atoms with Crippen molar-refractivity contribution < 1.29 is 37.2 Å². The third-order valence-corrected chi connectivity index (χ3v) is 3.11. The molecule has 0 spiro atoms. The van der Waals surface area contributed by atoms with Crippen molar-refractivity contribution >= 4 is 23.3 Å². The van der Waals surface area contributed by atoms with Gasteiger partial charge in [-0.2, -0.15) is 13.2 Å².